The van der Waals surface area contributed by atoms with Crippen LogP contribution in [-0.2, 0) is 16.1 Å². The molecule has 0 unspecified atom stereocenters. The number of carbonyl (C=O) groups is 3. The molecule has 8 nitrogen and oxygen atoms in total. The highest BCUT2D eigenvalue weighted by molar-refractivity contribution is 5.94. The van der Waals surface area contributed by atoms with Gasteiger partial charge in [-0.2, -0.15) is 0 Å². The van der Waals surface area contributed by atoms with Crippen LogP contribution in [0.25, 0.3) is 5.57 Å². The summed E-state index contributed by atoms with van der Waals surface area (Å²) < 4.78 is 5.48. The predicted molar refractivity (Wildman–Crippen MR) is 133 cm³/mol. The average molecular weight is 478 g/mol. The number of hydrogen-bond donors (Lipinski definition) is 2. The molecule has 2 aromatic rings. The first-order chi connectivity index (χ1) is 16.8. The van der Waals surface area contributed by atoms with Gasteiger partial charge in [0.15, 0.2) is 0 Å². The van der Waals surface area contributed by atoms with Gasteiger partial charge in [0.25, 0.3) is 0 Å². The van der Waals surface area contributed by atoms with Crippen LogP contribution >= 0.6 is 0 Å². The van der Waals surface area contributed by atoms with Crippen molar-refractivity contribution in [2.75, 3.05) is 18.0 Å². The van der Waals surface area contributed by atoms with Crippen molar-refractivity contribution in [3.8, 4) is 0 Å². The molecule has 0 radical (unpaired) electrons. The lowest BCUT2D eigenvalue weighted by atomic mass is 9.81. The van der Waals surface area contributed by atoms with Crippen LogP contribution in [0.5, 0.6) is 0 Å². The number of carbonyl (C=O) groups excluding carboxylic acids is 2. The first-order valence-corrected chi connectivity index (χ1v) is 11.8. The zero-order valence-corrected chi connectivity index (χ0v) is 20.2. The quantitative estimate of drug-likeness (QED) is 0.658. The number of nitrogens with one attached hydrogen (secondary N) is 1. The van der Waals surface area contributed by atoms with Gasteiger partial charge in [0.1, 0.15) is 6.61 Å². The Balaban J connectivity index is 1.61. The summed E-state index contributed by atoms with van der Waals surface area (Å²) in [5, 5.41) is 12.3. The molecule has 0 aliphatic carbocycles. The average Bonchev–Trinajstić information content (AvgIpc) is 2.86. The van der Waals surface area contributed by atoms with Crippen molar-refractivity contribution in [2.45, 2.75) is 45.9 Å². The van der Waals surface area contributed by atoms with Gasteiger partial charge in [-0.1, -0.05) is 49.4 Å². The lowest BCUT2D eigenvalue weighted by Crippen LogP contribution is -2.50. The van der Waals surface area contributed by atoms with Gasteiger partial charge in [0.2, 0.25) is 5.91 Å². The molecule has 0 bridgehead atoms. The van der Waals surface area contributed by atoms with E-state index >= 15 is 0 Å². The summed E-state index contributed by atoms with van der Waals surface area (Å²) in [6.45, 7) is 6.48. The fraction of sp³-hybridized carbons (Fsp3) is 0.370. The number of ether oxygens (including phenoxy) is 1. The molecule has 35 heavy (non-hydrogen) atoms. The van der Waals surface area contributed by atoms with E-state index in [1.165, 1.54) is 4.90 Å². The normalized spacial score (nSPS) is 21.6. The molecule has 184 valence electrons. The lowest BCUT2D eigenvalue weighted by molar-refractivity contribution is -0.117. The van der Waals surface area contributed by atoms with Crippen molar-refractivity contribution >= 4 is 29.4 Å². The van der Waals surface area contributed by atoms with Crippen molar-refractivity contribution in [2.24, 2.45) is 5.92 Å². The Kier molecular flexibility index (Phi) is 7.10. The molecule has 2 aromatic carbocycles. The number of hydrogen-bond acceptors (Lipinski definition) is 4. The Labute approximate surface area is 205 Å². The first-order valence-electron chi connectivity index (χ1n) is 11.8. The Morgan fingerprint density at radius 3 is 2.49 bits per heavy atom. The number of carboxylic acid groups (broad SMARTS) is 1. The highest BCUT2D eigenvalue weighted by Crippen LogP contribution is 2.42. The maximum Gasteiger partial charge on any atom is 0.407 e. The molecule has 0 aromatic heterocycles. The number of fused-ring (bicyclic) bond motifs is 1. The van der Waals surface area contributed by atoms with Crippen LogP contribution in [0.3, 0.4) is 0 Å². The summed E-state index contributed by atoms with van der Waals surface area (Å²) in [5.41, 5.74) is 4.53. The molecule has 2 aliphatic heterocycles. The molecular weight excluding hydrogens is 446 g/mol. The van der Waals surface area contributed by atoms with Crippen LogP contribution in [0.1, 0.15) is 49.9 Å². The van der Waals surface area contributed by atoms with E-state index in [4.69, 9.17) is 4.74 Å². The Hall–Kier alpha value is -3.81. The van der Waals surface area contributed by atoms with Crippen LogP contribution in [0, 0.1) is 5.92 Å². The van der Waals surface area contributed by atoms with Crippen molar-refractivity contribution in [1.82, 2.24) is 10.2 Å². The van der Waals surface area contributed by atoms with Crippen molar-refractivity contribution in [3.63, 3.8) is 0 Å². The summed E-state index contributed by atoms with van der Waals surface area (Å²) in [7, 11) is 0. The zero-order chi connectivity index (χ0) is 25.1. The summed E-state index contributed by atoms with van der Waals surface area (Å²) >= 11 is 0. The Morgan fingerprint density at radius 2 is 1.86 bits per heavy atom. The van der Waals surface area contributed by atoms with Crippen molar-refractivity contribution in [1.29, 1.82) is 0 Å². The van der Waals surface area contributed by atoms with Crippen LogP contribution in [0.2, 0.25) is 0 Å². The molecule has 3 atom stereocenters. The molecule has 4 rings (SSSR count). The van der Waals surface area contributed by atoms with Gasteiger partial charge < -0.3 is 25.0 Å². The molecule has 0 fully saturated rings. The largest absolute Gasteiger partial charge is 0.465 e. The molecule has 2 aliphatic rings. The third-order valence-electron chi connectivity index (χ3n) is 6.99. The molecule has 2 heterocycles. The van der Waals surface area contributed by atoms with E-state index in [2.05, 4.69) is 5.32 Å². The summed E-state index contributed by atoms with van der Waals surface area (Å²) in [5.74, 6) is -0.119. The SMILES string of the molecule is CC(=O)N1c2ccc(C3=CCN(C(=O)O)CC3)cc2[C@H](NC(=O)OCc2ccccc2)[C@@H](C)[C@@H]1C. The van der Waals surface area contributed by atoms with E-state index in [1.807, 2.05) is 68.5 Å². The summed E-state index contributed by atoms with van der Waals surface area (Å²) in [6.07, 6.45) is 1.08. The highest BCUT2D eigenvalue weighted by Gasteiger charge is 2.39. The molecule has 0 saturated carbocycles. The van der Waals surface area contributed by atoms with Crippen molar-refractivity contribution < 1.29 is 24.2 Å². The second-order valence-electron chi connectivity index (χ2n) is 9.15. The number of rotatable bonds is 4. The third kappa shape index (κ3) is 5.16. The van der Waals surface area contributed by atoms with Gasteiger partial charge in [-0.25, -0.2) is 9.59 Å². The van der Waals surface area contributed by atoms with Crippen LogP contribution in [0.15, 0.2) is 54.6 Å². The van der Waals surface area contributed by atoms with Gasteiger partial charge >= 0.3 is 12.2 Å². The molecule has 2 N–H and O–H groups in total. The number of anilines is 1. The highest BCUT2D eigenvalue weighted by atomic mass is 16.5. The fourth-order valence-electron chi connectivity index (χ4n) is 4.90. The van der Waals surface area contributed by atoms with E-state index in [9.17, 15) is 19.5 Å². The second-order valence-corrected chi connectivity index (χ2v) is 9.15. The number of amides is 3. The topological polar surface area (TPSA) is 99.2 Å². The van der Waals surface area contributed by atoms with Gasteiger partial charge in [-0.3, -0.25) is 4.79 Å². The first kappa shape index (κ1) is 24.3. The molecule has 3 amide bonds. The van der Waals surface area contributed by atoms with Crippen LogP contribution in [0.4, 0.5) is 15.3 Å². The fourth-order valence-corrected chi connectivity index (χ4v) is 4.90. The van der Waals surface area contributed by atoms with E-state index < -0.39 is 12.2 Å². The summed E-state index contributed by atoms with van der Waals surface area (Å²) in [6, 6.07) is 14.9. The van der Waals surface area contributed by atoms with Gasteiger partial charge in [0.05, 0.1) is 6.04 Å². The summed E-state index contributed by atoms with van der Waals surface area (Å²) in [4.78, 5) is 39.7. The van der Waals surface area contributed by atoms with E-state index in [0.29, 0.717) is 19.5 Å². The number of alkyl carbamates (subject to hydrolysis) is 1. The minimum absolute atomic E-state index is 0.0579. The Morgan fingerprint density at radius 1 is 1.11 bits per heavy atom. The van der Waals surface area contributed by atoms with Gasteiger partial charge in [-0.15, -0.1) is 0 Å². The monoisotopic (exact) mass is 477 g/mol. The molecule has 0 saturated heterocycles. The number of nitrogens with zero attached hydrogens (tertiary/aromatic N) is 2. The van der Waals surface area contributed by atoms with E-state index in [0.717, 1.165) is 28.0 Å². The third-order valence-corrected chi connectivity index (χ3v) is 6.99. The standard InChI is InChI=1S/C27H31N3O5/c1-17-18(2)30(19(3)31)24-10-9-22(21-11-13-29(14-12-21)27(33)34)15-23(24)25(17)28-26(32)35-16-20-7-5-4-6-8-20/h4-11,15,17-18,25H,12-14,16H2,1-3H3,(H,28,32)(H,33,34)/t17-,18-,25+/m0/s1. The smallest absolute Gasteiger partial charge is 0.407 e. The van der Waals surface area contributed by atoms with E-state index in [-0.39, 0.29) is 30.5 Å². The predicted octanol–water partition coefficient (Wildman–Crippen LogP) is 4.81. The molecule has 0 spiro atoms. The zero-order valence-electron chi connectivity index (χ0n) is 20.2. The van der Waals surface area contributed by atoms with E-state index in [1.54, 1.807) is 11.8 Å². The van der Waals surface area contributed by atoms with Crippen LogP contribution in [-0.4, -0.2) is 47.2 Å². The minimum Gasteiger partial charge on any atom is -0.465 e. The Bertz CT molecular complexity index is 1150. The van der Waals surface area contributed by atoms with Crippen molar-refractivity contribution in [3.05, 3.63) is 71.3 Å². The number of benzene rings is 2. The van der Waals surface area contributed by atoms with Crippen LogP contribution < -0.4 is 10.2 Å². The molecule has 8 heteroatoms. The molecular formula is C27H31N3O5. The lowest BCUT2D eigenvalue weighted by Gasteiger charge is -2.43. The van der Waals surface area contributed by atoms with Gasteiger partial charge in [-0.05, 0) is 47.7 Å². The maximum atomic E-state index is 12.8. The second kappa shape index (κ2) is 10.2. The maximum absolute atomic E-state index is 12.8. The minimum atomic E-state index is -0.927. The van der Waals surface area contributed by atoms with Gasteiger partial charge in [0, 0.05) is 37.7 Å².